The van der Waals surface area contributed by atoms with E-state index in [-0.39, 0.29) is 30.5 Å². The maximum Gasteiger partial charge on any atom is 0.331 e. The number of carbonyl (C=O) groups is 2. The van der Waals surface area contributed by atoms with Gasteiger partial charge in [-0.15, -0.1) is 12.4 Å². The molecule has 0 aromatic carbocycles. The van der Waals surface area contributed by atoms with Gasteiger partial charge in [0.1, 0.15) is 12.7 Å². The highest BCUT2D eigenvalue weighted by atomic mass is 35.5. The van der Waals surface area contributed by atoms with Crippen molar-refractivity contribution >= 4 is 24.3 Å². The molecule has 2 aliphatic heterocycles. The van der Waals surface area contributed by atoms with E-state index in [2.05, 4.69) is 4.98 Å². The molecule has 0 spiro atoms. The van der Waals surface area contributed by atoms with E-state index >= 15 is 0 Å². The maximum absolute atomic E-state index is 12.2. The molecule has 9 nitrogen and oxygen atoms in total. The van der Waals surface area contributed by atoms with Crippen LogP contribution in [0.4, 0.5) is 0 Å². The molecule has 0 saturated carbocycles. The van der Waals surface area contributed by atoms with E-state index in [1.54, 1.807) is 47.2 Å². The van der Waals surface area contributed by atoms with Crippen LogP contribution in [-0.2, 0) is 23.8 Å². The van der Waals surface area contributed by atoms with Crippen LogP contribution in [0.25, 0.3) is 0 Å². The van der Waals surface area contributed by atoms with E-state index < -0.39 is 36.5 Å². The Labute approximate surface area is 185 Å². The fraction of sp³-hybridized carbons (Fsp3) is 0.333. The van der Waals surface area contributed by atoms with Gasteiger partial charge in [-0.2, -0.15) is 4.98 Å². The summed E-state index contributed by atoms with van der Waals surface area (Å²) in [6.07, 6.45) is 11.4. The first-order valence-electron chi connectivity index (χ1n) is 9.45. The van der Waals surface area contributed by atoms with Gasteiger partial charge in [0.15, 0.2) is 23.9 Å². The first-order valence-corrected chi connectivity index (χ1v) is 9.45. The number of esters is 2. The van der Waals surface area contributed by atoms with Crippen molar-refractivity contribution in [2.75, 3.05) is 6.61 Å². The highest BCUT2D eigenvalue weighted by molar-refractivity contribution is 5.85. The van der Waals surface area contributed by atoms with Gasteiger partial charge in [0, 0.05) is 18.3 Å². The van der Waals surface area contributed by atoms with Gasteiger partial charge in [-0.05, 0) is 19.9 Å². The molecule has 0 amide bonds. The van der Waals surface area contributed by atoms with Crippen LogP contribution >= 0.6 is 12.4 Å². The largest absolute Gasteiger partial charge is 0.460 e. The van der Waals surface area contributed by atoms with Crippen LogP contribution in [0.2, 0.25) is 0 Å². The van der Waals surface area contributed by atoms with Crippen LogP contribution < -0.4 is 10.2 Å². The summed E-state index contributed by atoms with van der Waals surface area (Å²) < 4.78 is 24.2. The first-order chi connectivity index (χ1) is 14.5. The molecule has 31 heavy (non-hydrogen) atoms. The number of aromatic nitrogens is 2. The number of nitrogens with one attached hydrogen (secondary N) is 1. The highest BCUT2D eigenvalue weighted by Gasteiger charge is 2.54. The van der Waals surface area contributed by atoms with Gasteiger partial charge in [0.05, 0.1) is 0 Å². The minimum atomic E-state index is -0.832. The zero-order valence-corrected chi connectivity index (χ0v) is 17.9. The third kappa shape index (κ3) is 5.93. The summed E-state index contributed by atoms with van der Waals surface area (Å²) in [4.78, 5) is 28.1. The Balaban J connectivity index is 0.00000341. The predicted molar refractivity (Wildman–Crippen MR) is 112 cm³/mol. The van der Waals surface area contributed by atoms with Gasteiger partial charge >= 0.3 is 17.9 Å². The van der Waals surface area contributed by atoms with Crippen molar-refractivity contribution in [3.8, 4) is 6.01 Å². The molecule has 166 valence electrons. The van der Waals surface area contributed by atoms with E-state index in [0.717, 1.165) is 0 Å². The lowest BCUT2D eigenvalue weighted by molar-refractivity contribution is -0.154. The fourth-order valence-corrected chi connectivity index (χ4v) is 3.03. The second-order valence-corrected chi connectivity index (χ2v) is 6.45. The smallest absolute Gasteiger partial charge is 0.331 e. The SMILES string of the molecule is C/C=C/C=C/C(=O)OC[C@H]1O[C@@H]2[C@@H](Oc3nc(=N)ccn32)[C@@H]1OC(=O)/C=C/C=C/C.Cl. The van der Waals surface area contributed by atoms with Crippen LogP contribution in [0, 0.1) is 5.41 Å². The molecule has 3 heterocycles. The normalized spacial score (nSPS) is 24.3. The van der Waals surface area contributed by atoms with Crippen molar-refractivity contribution in [1.29, 1.82) is 5.41 Å². The average Bonchev–Trinajstić information content (AvgIpc) is 3.22. The molecule has 1 fully saturated rings. The average molecular weight is 450 g/mol. The highest BCUT2D eigenvalue weighted by Crippen LogP contribution is 2.40. The van der Waals surface area contributed by atoms with Gasteiger partial charge in [-0.1, -0.05) is 36.5 Å². The van der Waals surface area contributed by atoms with E-state index in [9.17, 15) is 9.59 Å². The molecule has 3 rings (SSSR count). The van der Waals surface area contributed by atoms with E-state index in [4.69, 9.17) is 24.4 Å². The standard InChI is InChI=1S/C21H23N3O6.ClH/c1-3-5-7-9-16(25)27-13-14-18(29-17(26)10-8-6-4-2)19-20(28-14)24-12-11-15(22)23-21(24)30-19;/h3-12,14,18-20,22H,13H2,1-2H3;1H/b5-3+,6-4+,9-7+,10-8+,22-15?;/t14-,18-,19+,20-;/m1./s1. The lowest BCUT2D eigenvalue weighted by Gasteiger charge is -2.21. The first kappa shape index (κ1) is 24.1. The maximum atomic E-state index is 12.2. The summed E-state index contributed by atoms with van der Waals surface area (Å²) in [6, 6.07) is 1.70. The van der Waals surface area contributed by atoms with Crippen molar-refractivity contribution < 1.29 is 28.5 Å². The Morgan fingerprint density at radius 3 is 2.52 bits per heavy atom. The van der Waals surface area contributed by atoms with Crippen molar-refractivity contribution in [3.05, 3.63) is 66.4 Å². The topological polar surface area (TPSA) is 113 Å². The van der Waals surface area contributed by atoms with Gasteiger partial charge < -0.3 is 18.9 Å². The number of fused-ring (bicyclic) bond motifs is 3. The van der Waals surface area contributed by atoms with Crippen molar-refractivity contribution in [1.82, 2.24) is 9.55 Å². The third-order valence-corrected chi connectivity index (χ3v) is 4.34. The number of allylic oxidation sites excluding steroid dienone is 6. The summed E-state index contributed by atoms with van der Waals surface area (Å²) in [7, 11) is 0. The Morgan fingerprint density at radius 1 is 1.16 bits per heavy atom. The van der Waals surface area contributed by atoms with Crippen LogP contribution in [0.5, 0.6) is 6.01 Å². The van der Waals surface area contributed by atoms with Gasteiger partial charge in [0.25, 0.3) is 0 Å². The molecule has 0 aliphatic carbocycles. The number of nitrogens with zero attached hydrogens (tertiary/aromatic N) is 2. The lowest BCUT2D eigenvalue weighted by atomic mass is 10.1. The molecule has 2 aliphatic rings. The monoisotopic (exact) mass is 449 g/mol. The second kappa shape index (κ2) is 11.3. The summed E-state index contributed by atoms with van der Waals surface area (Å²) in [6.45, 7) is 3.54. The zero-order valence-electron chi connectivity index (χ0n) is 17.0. The van der Waals surface area contributed by atoms with Crippen LogP contribution in [0.1, 0.15) is 20.1 Å². The molecule has 1 N–H and O–H groups in total. The number of hydrogen-bond donors (Lipinski definition) is 1. The van der Waals surface area contributed by atoms with Crippen molar-refractivity contribution in [2.45, 2.75) is 38.4 Å². The Hall–Kier alpha value is -3.17. The predicted octanol–water partition coefficient (Wildman–Crippen LogP) is 2.16. The van der Waals surface area contributed by atoms with E-state index in [1.165, 1.54) is 18.2 Å². The van der Waals surface area contributed by atoms with Crippen LogP contribution in [-0.4, -0.2) is 46.4 Å². The molecule has 0 radical (unpaired) electrons. The molecule has 1 aromatic rings. The van der Waals surface area contributed by atoms with Crippen LogP contribution in [0.3, 0.4) is 0 Å². The number of rotatable bonds is 7. The molecule has 0 unspecified atom stereocenters. The van der Waals surface area contributed by atoms with Crippen molar-refractivity contribution in [3.63, 3.8) is 0 Å². The third-order valence-electron chi connectivity index (χ3n) is 4.34. The molecule has 1 aromatic heterocycles. The Morgan fingerprint density at radius 2 is 1.84 bits per heavy atom. The van der Waals surface area contributed by atoms with E-state index in [0.29, 0.717) is 0 Å². The quantitative estimate of drug-likeness (QED) is 0.385. The summed E-state index contributed by atoms with van der Waals surface area (Å²) in [5.74, 6) is -1.12. The molecule has 4 atom stereocenters. The van der Waals surface area contributed by atoms with Gasteiger partial charge in [0.2, 0.25) is 0 Å². The molecular weight excluding hydrogens is 426 g/mol. The summed E-state index contributed by atoms with van der Waals surface area (Å²) in [5.41, 5.74) is 0.0439. The minimum absolute atomic E-state index is 0. The number of halogens is 1. The van der Waals surface area contributed by atoms with Gasteiger partial charge in [-0.3, -0.25) is 9.98 Å². The zero-order chi connectivity index (χ0) is 21.5. The Kier molecular flexibility index (Phi) is 8.77. The van der Waals surface area contributed by atoms with Crippen molar-refractivity contribution in [2.24, 2.45) is 0 Å². The van der Waals surface area contributed by atoms with E-state index in [1.807, 2.05) is 13.8 Å². The summed E-state index contributed by atoms with van der Waals surface area (Å²) >= 11 is 0. The number of carbonyl (C=O) groups excluding carboxylic acids is 2. The van der Waals surface area contributed by atoms with Gasteiger partial charge in [-0.25, -0.2) is 9.59 Å². The Bertz CT molecular complexity index is 968. The minimum Gasteiger partial charge on any atom is -0.460 e. The molecule has 0 bridgehead atoms. The lowest BCUT2D eigenvalue weighted by Crippen LogP contribution is -2.39. The fourth-order valence-electron chi connectivity index (χ4n) is 3.03. The summed E-state index contributed by atoms with van der Waals surface area (Å²) in [5, 5.41) is 7.64. The number of hydrogen-bond acceptors (Lipinski definition) is 8. The second-order valence-electron chi connectivity index (χ2n) is 6.45. The molecular formula is C21H24ClN3O6. The van der Waals surface area contributed by atoms with Crippen LogP contribution in [0.15, 0.2) is 60.9 Å². The molecule has 10 heteroatoms. The molecule has 1 saturated heterocycles. The number of ether oxygens (including phenoxy) is 4.